The summed E-state index contributed by atoms with van der Waals surface area (Å²) in [4.78, 5) is 0. The Morgan fingerprint density at radius 3 is 1.58 bits per heavy atom. The van der Waals surface area contributed by atoms with Crippen LogP contribution in [0.5, 0.6) is 0 Å². The van der Waals surface area contributed by atoms with E-state index in [4.69, 9.17) is 0 Å². The third-order valence-corrected chi connectivity index (χ3v) is 4.34. The largest absolute Gasteiger partial charge is 0.365 e. The third kappa shape index (κ3) is 0.775. The summed E-state index contributed by atoms with van der Waals surface area (Å²) in [6, 6.07) is 0. The molecule has 0 saturated heterocycles. The highest BCUT2D eigenvalue weighted by Gasteiger charge is 2.55. The van der Waals surface area contributed by atoms with Crippen molar-refractivity contribution < 1.29 is 10.2 Å². The van der Waals surface area contributed by atoms with E-state index in [-0.39, 0.29) is 11.8 Å². The van der Waals surface area contributed by atoms with Crippen molar-refractivity contribution in [3.05, 3.63) is 0 Å². The lowest BCUT2D eigenvalue weighted by Gasteiger charge is -2.56. The minimum atomic E-state index is -1.30. The Morgan fingerprint density at radius 2 is 1.17 bits per heavy atom. The predicted molar refractivity (Wildman–Crippen MR) is 44.2 cm³/mol. The molecular weight excluding hydrogens is 152 g/mol. The molecule has 0 spiro atoms. The van der Waals surface area contributed by atoms with Crippen LogP contribution in [0, 0.1) is 23.7 Å². The molecule has 4 bridgehead atoms. The maximum atomic E-state index is 9.85. The smallest absolute Gasteiger partial charge is 0.168 e. The molecule has 0 heterocycles. The van der Waals surface area contributed by atoms with Crippen LogP contribution in [0.2, 0.25) is 0 Å². The molecule has 0 aromatic rings. The summed E-state index contributed by atoms with van der Waals surface area (Å²) in [7, 11) is 0. The van der Waals surface area contributed by atoms with Gasteiger partial charge in [-0.2, -0.15) is 0 Å². The van der Waals surface area contributed by atoms with Gasteiger partial charge < -0.3 is 10.2 Å². The first-order chi connectivity index (χ1) is 5.66. The Balaban J connectivity index is 1.96. The van der Waals surface area contributed by atoms with E-state index in [2.05, 4.69) is 0 Å². The molecule has 4 fully saturated rings. The van der Waals surface area contributed by atoms with E-state index in [0.717, 1.165) is 37.5 Å². The van der Waals surface area contributed by atoms with Crippen molar-refractivity contribution in [2.75, 3.05) is 0 Å². The molecule has 0 atom stereocenters. The van der Waals surface area contributed by atoms with Crippen LogP contribution >= 0.6 is 0 Å². The van der Waals surface area contributed by atoms with Crippen molar-refractivity contribution in [1.82, 2.24) is 0 Å². The van der Waals surface area contributed by atoms with Crippen LogP contribution < -0.4 is 0 Å². The maximum absolute atomic E-state index is 9.85. The minimum Gasteiger partial charge on any atom is -0.365 e. The summed E-state index contributed by atoms with van der Waals surface area (Å²) in [5.41, 5.74) is 0. The monoisotopic (exact) mass is 168 g/mol. The molecule has 2 heteroatoms. The van der Waals surface area contributed by atoms with Crippen LogP contribution in [0.4, 0.5) is 0 Å². The van der Waals surface area contributed by atoms with Crippen LogP contribution in [0.25, 0.3) is 0 Å². The molecule has 2 nitrogen and oxygen atoms in total. The highest BCUT2D eigenvalue weighted by atomic mass is 16.5. The molecule has 4 aliphatic carbocycles. The van der Waals surface area contributed by atoms with Gasteiger partial charge in [-0.3, -0.25) is 0 Å². The van der Waals surface area contributed by atoms with Gasteiger partial charge in [0.05, 0.1) is 0 Å². The first-order valence-electron chi connectivity index (χ1n) is 5.11. The topological polar surface area (TPSA) is 40.5 Å². The SMILES string of the molecule is OC1(O)C2CC3CC(C2)CC1C3. The fourth-order valence-corrected chi connectivity index (χ4v) is 3.88. The Labute approximate surface area is 72.6 Å². The van der Waals surface area contributed by atoms with Crippen LogP contribution in [0.15, 0.2) is 0 Å². The first kappa shape index (κ1) is 7.34. The van der Waals surface area contributed by atoms with E-state index in [1.807, 2.05) is 0 Å². The maximum Gasteiger partial charge on any atom is 0.168 e. The first-order valence-corrected chi connectivity index (χ1v) is 5.11. The van der Waals surface area contributed by atoms with Gasteiger partial charge in [-0.15, -0.1) is 0 Å². The molecule has 4 saturated carbocycles. The van der Waals surface area contributed by atoms with Gasteiger partial charge in [0, 0.05) is 11.8 Å². The van der Waals surface area contributed by atoms with Crippen molar-refractivity contribution in [2.24, 2.45) is 23.7 Å². The van der Waals surface area contributed by atoms with Crippen molar-refractivity contribution >= 4 is 0 Å². The molecule has 0 aromatic heterocycles. The summed E-state index contributed by atoms with van der Waals surface area (Å²) >= 11 is 0. The number of hydrogen-bond donors (Lipinski definition) is 2. The fraction of sp³-hybridized carbons (Fsp3) is 1.00. The molecule has 2 N–H and O–H groups in total. The Morgan fingerprint density at radius 1 is 0.750 bits per heavy atom. The molecule has 4 aliphatic rings. The minimum absolute atomic E-state index is 0.203. The van der Waals surface area contributed by atoms with Crippen molar-refractivity contribution in [3.63, 3.8) is 0 Å². The number of rotatable bonds is 0. The Kier molecular flexibility index (Phi) is 1.25. The van der Waals surface area contributed by atoms with Gasteiger partial charge in [0.25, 0.3) is 0 Å². The van der Waals surface area contributed by atoms with Crippen LogP contribution in [0.3, 0.4) is 0 Å². The van der Waals surface area contributed by atoms with Gasteiger partial charge in [-0.05, 0) is 43.9 Å². The number of hydrogen-bond acceptors (Lipinski definition) is 2. The zero-order chi connectivity index (χ0) is 8.34. The van der Waals surface area contributed by atoms with Crippen LogP contribution in [0.1, 0.15) is 32.1 Å². The quantitative estimate of drug-likeness (QED) is 0.532. The van der Waals surface area contributed by atoms with E-state index >= 15 is 0 Å². The summed E-state index contributed by atoms with van der Waals surface area (Å²) in [5, 5.41) is 19.7. The van der Waals surface area contributed by atoms with Gasteiger partial charge in [-0.25, -0.2) is 0 Å². The van der Waals surface area contributed by atoms with E-state index in [0.29, 0.717) is 0 Å². The third-order valence-electron chi connectivity index (χ3n) is 4.34. The zero-order valence-electron chi connectivity index (χ0n) is 7.24. The van der Waals surface area contributed by atoms with Gasteiger partial charge in [0.1, 0.15) is 0 Å². The Bertz CT molecular complexity index is 180. The molecule has 68 valence electrons. The molecule has 0 radical (unpaired) electrons. The summed E-state index contributed by atoms with van der Waals surface area (Å²) in [6.45, 7) is 0. The number of aliphatic hydroxyl groups is 2. The second-order valence-electron chi connectivity index (χ2n) is 5.09. The van der Waals surface area contributed by atoms with Gasteiger partial charge in [-0.1, -0.05) is 0 Å². The van der Waals surface area contributed by atoms with Gasteiger partial charge >= 0.3 is 0 Å². The molecule has 0 aromatic carbocycles. The summed E-state index contributed by atoms with van der Waals surface area (Å²) in [5.74, 6) is 0.746. The standard InChI is InChI=1S/C10H16O2/c11-10(12)8-2-6-1-7(4-8)5-9(10)3-6/h6-9,11-12H,1-5H2. The molecule has 0 unspecified atom stereocenters. The summed E-state index contributed by atoms with van der Waals surface area (Å²) < 4.78 is 0. The second kappa shape index (κ2) is 2.05. The zero-order valence-corrected chi connectivity index (χ0v) is 7.24. The van der Waals surface area contributed by atoms with E-state index in [9.17, 15) is 10.2 Å². The average Bonchev–Trinajstić information content (AvgIpc) is 1.99. The van der Waals surface area contributed by atoms with Crippen molar-refractivity contribution in [3.8, 4) is 0 Å². The van der Waals surface area contributed by atoms with Crippen molar-refractivity contribution in [1.29, 1.82) is 0 Å². The highest BCUT2D eigenvalue weighted by Crippen LogP contribution is 2.57. The lowest BCUT2D eigenvalue weighted by molar-refractivity contribution is -0.293. The van der Waals surface area contributed by atoms with Crippen LogP contribution in [-0.4, -0.2) is 16.0 Å². The summed E-state index contributed by atoms with van der Waals surface area (Å²) in [6.07, 6.45) is 5.64. The van der Waals surface area contributed by atoms with Gasteiger partial charge in [0.2, 0.25) is 0 Å². The lowest BCUT2D eigenvalue weighted by Crippen LogP contribution is -2.57. The Hall–Kier alpha value is -0.0800. The normalized spacial score (nSPS) is 54.5. The predicted octanol–water partition coefficient (Wildman–Crippen LogP) is 1.12. The van der Waals surface area contributed by atoms with Crippen molar-refractivity contribution in [2.45, 2.75) is 37.9 Å². The molecule has 12 heavy (non-hydrogen) atoms. The fourth-order valence-electron chi connectivity index (χ4n) is 3.88. The molecular formula is C10H16O2. The van der Waals surface area contributed by atoms with E-state index < -0.39 is 5.79 Å². The molecule has 0 amide bonds. The van der Waals surface area contributed by atoms with E-state index in [1.165, 1.54) is 6.42 Å². The highest BCUT2D eigenvalue weighted by molar-refractivity contribution is 5.01. The lowest BCUT2D eigenvalue weighted by atomic mass is 9.53. The van der Waals surface area contributed by atoms with Gasteiger partial charge in [0.15, 0.2) is 5.79 Å². The molecule has 0 aliphatic heterocycles. The molecule has 4 rings (SSSR count). The van der Waals surface area contributed by atoms with Crippen LogP contribution in [-0.2, 0) is 0 Å². The second-order valence-corrected chi connectivity index (χ2v) is 5.09. The van der Waals surface area contributed by atoms with E-state index in [1.54, 1.807) is 0 Å². The average molecular weight is 168 g/mol.